The van der Waals surface area contributed by atoms with Gasteiger partial charge in [0.25, 0.3) is 0 Å². The Morgan fingerprint density at radius 3 is 2.50 bits per heavy atom. The fourth-order valence-electron chi connectivity index (χ4n) is 6.59. The Labute approximate surface area is 165 Å². The lowest BCUT2D eigenvalue weighted by Gasteiger charge is -2.59. The van der Waals surface area contributed by atoms with Gasteiger partial charge in [0, 0.05) is 0 Å². The zero-order valence-corrected chi connectivity index (χ0v) is 18.2. The Morgan fingerprint density at radius 2 is 1.92 bits per heavy atom. The summed E-state index contributed by atoms with van der Waals surface area (Å²) >= 11 is 0. The summed E-state index contributed by atoms with van der Waals surface area (Å²) in [4.78, 5) is 0. The smallest absolute Gasteiger partial charge is 0.0756 e. The second-order valence-corrected chi connectivity index (χ2v) is 10.2. The molecular formula is C24H36BP. The highest BCUT2D eigenvalue weighted by Gasteiger charge is 2.54. The molecule has 140 valence electrons. The summed E-state index contributed by atoms with van der Waals surface area (Å²) in [6, 6.07) is 11.4. The monoisotopic (exact) mass is 366 g/mol. The molecule has 2 aliphatic carbocycles. The van der Waals surface area contributed by atoms with Crippen molar-refractivity contribution < 1.29 is 0 Å². The fraction of sp³-hybridized carbons (Fsp3) is 0.667. The van der Waals surface area contributed by atoms with Gasteiger partial charge < -0.3 is 0 Å². The van der Waals surface area contributed by atoms with Gasteiger partial charge in [-0.3, -0.25) is 0 Å². The lowest BCUT2D eigenvalue weighted by molar-refractivity contribution is -0.0180. The molecule has 0 aliphatic heterocycles. The van der Waals surface area contributed by atoms with Crippen molar-refractivity contribution in [1.82, 2.24) is 0 Å². The zero-order chi connectivity index (χ0) is 18.9. The lowest BCUT2D eigenvalue weighted by Crippen LogP contribution is -2.51. The van der Waals surface area contributed by atoms with Crippen molar-refractivity contribution in [2.24, 2.45) is 23.2 Å². The molecule has 0 aromatic heterocycles. The van der Waals surface area contributed by atoms with Crippen LogP contribution in [0, 0.1) is 23.2 Å². The summed E-state index contributed by atoms with van der Waals surface area (Å²) in [6.07, 6.45) is 8.70. The van der Waals surface area contributed by atoms with Crippen molar-refractivity contribution in [3.05, 3.63) is 48.0 Å². The van der Waals surface area contributed by atoms with E-state index in [1.807, 2.05) is 0 Å². The average molecular weight is 366 g/mol. The molecule has 2 fully saturated rings. The van der Waals surface area contributed by atoms with Crippen molar-refractivity contribution in [1.29, 1.82) is 0 Å². The first-order valence-corrected chi connectivity index (χ1v) is 11.3. The van der Waals surface area contributed by atoms with E-state index in [1.165, 1.54) is 37.7 Å². The van der Waals surface area contributed by atoms with Crippen LogP contribution in [0.2, 0.25) is 0 Å². The molecule has 2 aliphatic rings. The van der Waals surface area contributed by atoms with Gasteiger partial charge in [-0.2, -0.15) is 0 Å². The van der Waals surface area contributed by atoms with Crippen LogP contribution in [0.3, 0.4) is 0 Å². The molecule has 0 nitrogen and oxygen atoms in total. The van der Waals surface area contributed by atoms with Crippen molar-refractivity contribution in [3.8, 4) is 0 Å². The Kier molecular flexibility index (Phi) is 6.08. The van der Waals surface area contributed by atoms with Crippen LogP contribution in [-0.2, 0) is 5.41 Å². The van der Waals surface area contributed by atoms with Gasteiger partial charge >= 0.3 is 0 Å². The maximum absolute atomic E-state index is 6.23. The molecule has 1 aromatic rings. The predicted octanol–water partition coefficient (Wildman–Crippen LogP) is 6.50. The summed E-state index contributed by atoms with van der Waals surface area (Å²) in [5, 5.41) is 0. The standard InChI is InChI=1S/C24H36BP/c1-5-18(4)23(6-2)14-19-15-24(16-23,20-10-8-7-9-11-20)13-17(3)21(19)12-22(25)26/h7-11,17,19,21-22H,4-6,12-16,26H2,1-3H3. The summed E-state index contributed by atoms with van der Waals surface area (Å²) in [6.45, 7) is 11.7. The highest BCUT2D eigenvalue weighted by atomic mass is 31.0. The van der Waals surface area contributed by atoms with Gasteiger partial charge in [-0.25, -0.2) is 0 Å². The van der Waals surface area contributed by atoms with Crippen LogP contribution in [0.4, 0.5) is 0 Å². The Bertz CT molecular complexity index is 620. The first kappa shape index (κ1) is 20.2. The van der Waals surface area contributed by atoms with E-state index in [-0.39, 0.29) is 5.56 Å². The molecule has 2 heteroatoms. The Morgan fingerprint density at radius 1 is 1.23 bits per heavy atom. The van der Waals surface area contributed by atoms with Gasteiger partial charge in [-0.05, 0) is 72.7 Å². The minimum absolute atomic E-state index is 0.221. The molecule has 2 bridgehead atoms. The zero-order valence-electron chi connectivity index (χ0n) is 17.0. The Balaban J connectivity index is 2.05. The third-order valence-corrected chi connectivity index (χ3v) is 8.09. The maximum Gasteiger partial charge on any atom is 0.0756 e. The number of allylic oxidation sites excluding steroid dienone is 1. The highest BCUT2D eigenvalue weighted by Crippen LogP contribution is 2.63. The quantitative estimate of drug-likeness (QED) is 0.306. The number of hydrogen-bond donors (Lipinski definition) is 0. The fourth-order valence-corrected chi connectivity index (χ4v) is 6.91. The van der Waals surface area contributed by atoms with E-state index in [2.05, 4.69) is 66.9 Å². The van der Waals surface area contributed by atoms with Gasteiger partial charge in [-0.1, -0.05) is 75.2 Å². The van der Waals surface area contributed by atoms with Crippen LogP contribution >= 0.6 is 9.24 Å². The van der Waals surface area contributed by atoms with E-state index in [0.29, 0.717) is 10.8 Å². The molecule has 7 atom stereocenters. The number of rotatable bonds is 6. The van der Waals surface area contributed by atoms with Crippen LogP contribution in [0.5, 0.6) is 0 Å². The molecule has 26 heavy (non-hydrogen) atoms. The lowest BCUT2D eigenvalue weighted by atomic mass is 9.45. The van der Waals surface area contributed by atoms with Crippen LogP contribution in [-0.4, -0.2) is 13.4 Å². The van der Waals surface area contributed by atoms with Gasteiger partial charge in [0.1, 0.15) is 0 Å². The molecule has 0 amide bonds. The van der Waals surface area contributed by atoms with Crippen molar-refractivity contribution in [3.63, 3.8) is 0 Å². The molecular weight excluding hydrogens is 330 g/mol. The third kappa shape index (κ3) is 3.58. The number of fused-ring (bicyclic) bond motifs is 2. The van der Waals surface area contributed by atoms with Gasteiger partial charge in [0.2, 0.25) is 0 Å². The van der Waals surface area contributed by atoms with Crippen LogP contribution < -0.4 is 0 Å². The number of benzene rings is 1. The normalized spacial score (nSPS) is 37.9. The van der Waals surface area contributed by atoms with E-state index < -0.39 is 0 Å². The van der Waals surface area contributed by atoms with E-state index in [9.17, 15) is 0 Å². The summed E-state index contributed by atoms with van der Waals surface area (Å²) in [5.41, 5.74) is 3.88. The topological polar surface area (TPSA) is 0 Å². The second kappa shape index (κ2) is 7.83. The third-order valence-electron chi connectivity index (χ3n) is 7.82. The van der Waals surface area contributed by atoms with Gasteiger partial charge in [-0.15, -0.1) is 9.24 Å². The van der Waals surface area contributed by atoms with Crippen molar-refractivity contribution in [2.75, 3.05) is 0 Å². The van der Waals surface area contributed by atoms with E-state index in [4.69, 9.17) is 7.85 Å². The minimum atomic E-state index is 0.221. The van der Waals surface area contributed by atoms with Gasteiger partial charge in [0.05, 0.1) is 7.85 Å². The Hall–Kier alpha value is -0.545. The van der Waals surface area contributed by atoms with E-state index in [1.54, 1.807) is 5.56 Å². The van der Waals surface area contributed by atoms with Crippen LogP contribution in [0.1, 0.15) is 71.3 Å². The summed E-state index contributed by atoms with van der Waals surface area (Å²) in [7, 11) is 9.06. The average Bonchev–Trinajstić information content (AvgIpc) is 2.64. The van der Waals surface area contributed by atoms with Crippen molar-refractivity contribution >= 4 is 17.1 Å². The first-order valence-electron chi connectivity index (χ1n) is 10.6. The minimum Gasteiger partial charge on any atom is -0.143 e. The predicted molar refractivity (Wildman–Crippen MR) is 119 cm³/mol. The van der Waals surface area contributed by atoms with Gasteiger partial charge in [0.15, 0.2) is 0 Å². The van der Waals surface area contributed by atoms with Crippen molar-refractivity contribution in [2.45, 2.75) is 76.7 Å². The second-order valence-electron chi connectivity index (χ2n) is 9.33. The largest absolute Gasteiger partial charge is 0.143 e. The molecule has 2 radical (unpaired) electrons. The molecule has 0 saturated heterocycles. The molecule has 7 unspecified atom stereocenters. The number of hydrogen-bond acceptors (Lipinski definition) is 0. The molecule has 0 spiro atoms. The summed E-state index contributed by atoms with van der Waals surface area (Å²) in [5.74, 6) is 2.25. The molecule has 0 N–H and O–H groups in total. The molecule has 3 rings (SSSR count). The molecule has 2 saturated carbocycles. The summed E-state index contributed by atoms with van der Waals surface area (Å²) < 4.78 is 0. The van der Waals surface area contributed by atoms with E-state index in [0.717, 1.165) is 30.6 Å². The SMILES string of the molecule is [B]C(P)CC1C(C)CC2(c3ccccc3)CC1CC(CC)(C(=C)CC)C2. The van der Waals surface area contributed by atoms with Crippen LogP contribution in [0.25, 0.3) is 0 Å². The molecule has 0 heterocycles. The first-order chi connectivity index (χ1) is 12.4. The van der Waals surface area contributed by atoms with E-state index >= 15 is 0 Å². The highest BCUT2D eigenvalue weighted by molar-refractivity contribution is 7.20. The van der Waals surface area contributed by atoms with Crippen LogP contribution in [0.15, 0.2) is 42.5 Å². The maximum atomic E-state index is 6.23. The molecule has 1 aromatic carbocycles.